The zero-order valence-corrected chi connectivity index (χ0v) is 11.0. The van der Waals surface area contributed by atoms with E-state index in [4.69, 9.17) is 4.74 Å². The molecule has 2 bridgehead atoms. The molecule has 0 radical (unpaired) electrons. The van der Waals surface area contributed by atoms with Gasteiger partial charge in [0, 0.05) is 13.2 Å². The first-order chi connectivity index (χ1) is 8.24. The third kappa shape index (κ3) is 2.39. The summed E-state index contributed by atoms with van der Waals surface area (Å²) >= 11 is 0. The van der Waals surface area contributed by atoms with Crippen molar-refractivity contribution in [3.8, 4) is 0 Å². The van der Waals surface area contributed by atoms with Crippen molar-refractivity contribution in [2.75, 3.05) is 13.2 Å². The Bertz CT molecular complexity index is 266. The summed E-state index contributed by atoms with van der Waals surface area (Å²) in [7, 11) is 0. The molecule has 1 saturated heterocycles. The van der Waals surface area contributed by atoms with Crippen molar-refractivity contribution in [2.24, 2.45) is 29.6 Å². The average molecular weight is 238 g/mol. The third-order valence-corrected chi connectivity index (χ3v) is 5.63. The molecule has 0 amide bonds. The third-order valence-electron chi connectivity index (χ3n) is 5.63. The second kappa shape index (κ2) is 4.89. The second-order valence-electron chi connectivity index (χ2n) is 6.74. The smallest absolute Gasteiger partial charge is 0.0575 e. The molecular formula is C15H26O2. The maximum atomic E-state index is 10.5. The van der Waals surface area contributed by atoms with Gasteiger partial charge in [0.25, 0.3) is 0 Å². The van der Waals surface area contributed by atoms with Crippen LogP contribution in [-0.4, -0.2) is 24.4 Å². The molecule has 98 valence electrons. The number of aliphatic hydroxyl groups excluding tert-OH is 1. The van der Waals surface area contributed by atoms with Gasteiger partial charge in [-0.25, -0.2) is 0 Å². The average Bonchev–Trinajstić information content (AvgIpc) is 2.91. The lowest BCUT2D eigenvalue weighted by Crippen LogP contribution is -2.36. The van der Waals surface area contributed by atoms with Gasteiger partial charge in [-0.15, -0.1) is 0 Å². The van der Waals surface area contributed by atoms with E-state index in [9.17, 15) is 5.11 Å². The molecule has 2 saturated carbocycles. The van der Waals surface area contributed by atoms with Crippen molar-refractivity contribution < 1.29 is 9.84 Å². The minimum atomic E-state index is -0.0711. The fraction of sp³-hybridized carbons (Fsp3) is 1.00. The highest BCUT2D eigenvalue weighted by Crippen LogP contribution is 2.50. The van der Waals surface area contributed by atoms with E-state index in [1.165, 1.54) is 25.7 Å². The van der Waals surface area contributed by atoms with Crippen molar-refractivity contribution >= 4 is 0 Å². The topological polar surface area (TPSA) is 29.5 Å². The van der Waals surface area contributed by atoms with Gasteiger partial charge < -0.3 is 9.84 Å². The van der Waals surface area contributed by atoms with E-state index >= 15 is 0 Å². The van der Waals surface area contributed by atoms with Crippen LogP contribution < -0.4 is 0 Å². The van der Waals surface area contributed by atoms with Gasteiger partial charge in [-0.2, -0.15) is 0 Å². The molecule has 2 aliphatic carbocycles. The molecular weight excluding hydrogens is 212 g/mol. The Labute approximate surface area is 105 Å². The lowest BCUT2D eigenvalue weighted by molar-refractivity contribution is -0.0395. The Morgan fingerprint density at radius 2 is 2.12 bits per heavy atom. The molecule has 3 aliphatic rings. The highest BCUT2D eigenvalue weighted by atomic mass is 16.5. The van der Waals surface area contributed by atoms with E-state index in [0.29, 0.717) is 11.8 Å². The summed E-state index contributed by atoms with van der Waals surface area (Å²) in [5, 5.41) is 10.5. The summed E-state index contributed by atoms with van der Waals surface area (Å²) in [5.74, 6) is 3.81. The van der Waals surface area contributed by atoms with Crippen molar-refractivity contribution in [1.29, 1.82) is 0 Å². The van der Waals surface area contributed by atoms with Crippen LogP contribution in [0.5, 0.6) is 0 Å². The van der Waals surface area contributed by atoms with E-state index < -0.39 is 0 Å². The van der Waals surface area contributed by atoms with Crippen molar-refractivity contribution in [1.82, 2.24) is 0 Å². The van der Waals surface area contributed by atoms with Crippen LogP contribution >= 0.6 is 0 Å². The van der Waals surface area contributed by atoms with Gasteiger partial charge in [0.05, 0.1) is 6.10 Å². The molecule has 0 aromatic rings. The number of ether oxygens (including phenoxy) is 1. The van der Waals surface area contributed by atoms with Crippen molar-refractivity contribution in [3.05, 3.63) is 0 Å². The highest BCUT2D eigenvalue weighted by Gasteiger charge is 2.41. The Balaban J connectivity index is 1.54. The zero-order valence-electron chi connectivity index (χ0n) is 11.0. The summed E-state index contributed by atoms with van der Waals surface area (Å²) in [6.07, 6.45) is 7.81. The van der Waals surface area contributed by atoms with Gasteiger partial charge in [-0.3, -0.25) is 0 Å². The Kier molecular flexibility index (Phi) is 3.45. The Morgan fingerprint density at radius 1 is 1.24 bits per heavy atom. The van der Waals surface area contributed by atoms with E-state index in [2.05, 4.69) is 6.92 Å². The Hall–Kier alpha value is -0.0800. The normalized spacial score (nSPS) is 47.3. The lowest BCUT2D eigenvalue weighted by Gasteiger charge is -2.35. The highest BCUT2D eigenvalue weighted by molar-refractivity contribution is 4.92. The largest absolute Gasteiger partial charge is 0.393 e. The number of hydrogen-bond donors (Lipinski definition) is 1. The number of hydrogen-bond acceptors (Lipinski definition) is 2. The second-order valence-corrected chi connectivity index (χ2v) is 6.74. The molecule has 3 fully saturated rings. The number of rotatable bonds is 3. The SMILES string of the molecule is CC1COCCC1C(O)CC1CC2CCC1C2. The first-order valence-electron chi connectivity index (χ1n) is 7.50. The fourth-order valence-corrected chi connectivity index (χ4v) is 4.62. The minimum Gasteiger partial charge on any atom is -0.393 e. The molecule has 1 heterocycles. The van der Waals surface area contributed by atoms with Crippen LogP contribution in [0.2, 0.25) is 0 Å². The van der Waals surface area contributed by atoms with Gasteiger partial charge in [-0.05, 0) is 61.7 Å². The van der Waals surface area contributed by atoms with Gasteiger partial charge in [0.15, 0.2) is 0 Å². The van der Waals surface area contributed by atoms with E-state index in [1.807, 2.05) is 0 Å². The van der Waals surface area contributed by atoms with Crippen LogP contribution in [0, 0.1) is 29.6 Å². The molecule has 2 heteroatoms. The van der Waals surface area contributed by atoms with E-state index in [1.54, 1.807) is 0 Å². The van der Waals surface area contributed by atoms with Crippen molar-refractivity contribution in [3.63, 3.8) is 0 Å². The van der Waals surface area contributed by atoms with Crippen LogP contribution in [0.1, 0.15) is 45.4 Å². The first kappa shape index (κ1) is 12.0. The van der Waals surface area contributed by atoms with Gasteiger partial charge in [0.1, 0.15) is 0 Å². The van der Waals surface area contributed by atoms with Crippen LogP contribution in [0.3, 0.4) is 0 Å². The van der Waals surface area contributed by atoms with E-state index in [0.717, 1.165) is 43.8 Å². The lowest BCUT2D eigenvalue weighted by atomic mass is 9.78. The maximum absolute atomic E-state index is 10.5. The molecule has 0 aromatic heterocycles. The molecule has 2 nitrogen and oxygen atoms in total. The predicted octanol–water partition coefficient (Wildman–Crippen LogP) is 2.85. The predicted molar refractivity (Wildman–Crippen MR) is 67.7 cm³/mol. The van der Waals surface area contributed by atoms with Crippen LogP contribution in [-0.2, 0) is 4.74 Å². The Morgan fingerprint density at radius 3 is 2.76 bits per heavy atom. The van der Waals surface area contributed by atoms with Crippen LogP contribution in [0.4, 0.5) is 0 Å². The van der Waals surface area contributed by atoms with Gasteiger partial charge in [-0.1, -0.05) is 13.3 Å². The molecule has 0 spiro atoms. The number of fused-ring (bicyclic) bond motifs is 2. The van der Waals surface area contributed by atoms with E-state index in [-0.39, 0.29) is 6.10 Å². The maximum Gasteiger partial charge on any atom is 0.0575 e. The summed E-state index contributed by atoms with van der Waals surface area (Å²) in [5.41, 5.74) is 0. The molecule has 1 N–H and O–H groups in total. The van der Waals surface area contributed by atoms with Crippen LogP contribution in [0.15, 0.2) is 0 Å². The van der Waals surface area contributed by atoms with Crippen molar-refractivity contribution in [2.45, 2.75) is 51.6 Å². The molecule has 6 atom stereocenters. The standard InChI is InChI=1S/C15H26O2/c1-10-9-17-5-4-14(10)15(16)8-13-7-11-2-3-12(13)6-11/h10-16H,2-9H2,1H3. The summed E-state index contributed by atoms with van der Waals surface area (Å²) in [6, 6.07) is 0. The zero-order chi connectivity index (χ0) is 11.8. The van der Waals surface area contributed by atoms with Gasteiger partial charge in [0.2, 0.25) is 0 Å². The molecule has 0 aromatic carbocycles. The molecule has 6 unspecified atom stereocenters. The summed E-state index contributed by atoms with van der Waals surface area (Å²) in [6.45, 7) is 3.93. The number of aliphatic hydroxyl groups is 1. The van der Waals surface area contributed by atoms with Crippen LogP contribution in [0.25, 0.3) is 0 Å². The fourth-order valence-electron chi connectivity index (χ4n) is 4.62. The molecule has 1 aliphatic heterocycles. The monoisotopic (exact) mass is 238 g/mol. The first-order valence-corrected chi connectivity index (χ1v) is 7.50. The minimum absolute atomic E-state index is 0.0711. The molecule has 3 rings (SSSR count). The molecule has 17 heavy (non-hydrogen) atoms. The quantitative estimate of drug-likeness (QED) is 0.819. The summed E-state index contributed by atoms with van der Waals surface area (Å²) < 4.78 is 5.47. The van der Waals surface area contributed by atoms with Gasteiger partial charge >= 0.3 is 0 Å². The summed E-state index contributed by atoms with van der Waals surface area (Å²) in [4.78, 5) is 0.